The summed E-state index contributed by atoms with van der Waals surface area (Å²) in [7, 11) is 0. The summed E-state index contributed by atoms with van der Waals surface area (Å²) in [5, 5.41) is 0.669. The Kier molecular flexibility index (Phi) is 3.32. The predicted molar refractivity (Wildman–Crippen MR) is 46.9 cm³/mol. The van der Waals surface area contributed by atoms with Gasteiger partial charge in [0.2, 0.25) is 0 Å². The van der Waals surface area contributed by atoms with Crippen molar-refractivity contribution in [1.82, 2.24) is 0 Å². The van der Waals surface area contributed by atoms with E-state index in [0.29, 0.717) is 10.8 Å². The van der Waals surface area contributed by atoms with E-state index < -0.39 is 0 Å². The fraction of sp³-hybridized carbons (Fsp3) is 1.00. The molecule has 10 heavy (non-hydrogen) atoms. The van der Waals surface area contributed by atoms with Gasteiger partial charge in [-0.2, -0.15) is 0 Å². The van der Waals surface area contributed by atoms with Crippen LogP contribution in [0.25, 0.3) is 0 Å². The number of hydrogen-bond acceptors (Lipinski definition) is 0. The molecule has 0 saturated heterocycles. The van der Waals surface area contributed by atoms with Crippen molar-refractivity contribution in [3.63, 3.8) is 0 Å². The molecule has 0 bridgehead atoms. The van der Waals surface area contributed by atoms with Crippen LogP contribution in [0.3, 0.4) is 0 Å². The van der Waals surface area contributed by atoms with Crippen molar-refractivity contribution < 1.29 is 0 Å². The average molecular weight is 181 g/mol. The van der Waals surface area contributed by atoms with Gasteiger partial charge < -0.3 is 0 Å². The quantitative estimate of drug-likeness (QED) is 0.543. The first-order chi connectivity index (χ1) is 4.72. The second-order valence-electron chi connectivity index (χ2n) is 3.18. The van der Waals surface area contributed by atoms with Crippen molar-refractivity contribution in [2.75, 3.05) is 0 Å². The molecule has 60 valence electrons. The van der Waals surface area contributed by atoms with Gasteiger partial charge in [0.1, 0.15) is 0 Å². The van der Waals surface area contributed by atoms with Gasteiger partial charge in [-0.15, -0.1) is 23.2 Å². The Labute approximate surface area is 72.9 Å². The highest BCUT2D eigenvalue weighted by atomic mass is 35.5. The van der Waals surface area contributed by atoms with Crippen LogP contribution in [0, 0.1) is 5.92 Å². The van der Waals surface area contributed by atoms with Crippen LogP contribution in [0.15, 0.2) is 0 Å². The minimum Gasteiger partial charge on any atom is -0.123 e. The average Bonchev–Trinajstić information content (AvgIpc) is 1.85. The summed E-state index contributed by atoms with van der Waals surface area (Å²) in [4.78, 5) is 0. The second-order valence-corrected chi connectivity index (χ2v) is 4.41. The van der Waals surface area contributed by atoms with Crippen LogP contribution in [0.2, 0.25) is 0 Å². The molecule has 1 aliphatic carbocycles. The van der Waals surface area contributed by atoms with E-state index in [1.807, 2.05) is 0 Å². The second kappa shape index (κ2) is 3.82. The Bertz CT molecular complexity index is 93.4. The molecule has 0 aromatic heterocycles. The normalized spacial score (nSPS) is 41.7. The summed E-state index contributed by atoms with van der Waals surface area (Å²) in [5.41, 5.74) is 0. The van der Waals surface area contributed by atoms with E-state index in [9.17, 15) is 0 Å². The molecule has 1 fully saturated rings. The molecule has 0 nitrogen and oxygen atoms in total. The van der Waals surface area contributed by atoms with Gasteiger partial charge in [0.05, 0.1) is 0 Å². The fourth-order valence-electron chi connectivity index (χ4n) is 1.62. The lowest BCUT2D eigenvalue weighted by atomic mass is 9.87. The van der Waals surface area contributed by atoms with Crippen LogP contribution in [-0.4, -0.2) is 10.8 Å². The highest BCUT2D eigenvalue weighted by Crippen LogP contribution is 2.32. The molecule has 2 atom stereocenters. The Morgan fingerprint density at radius 1 is 1.10 bits per heavy atom. The molecule has 0 radical (unpaired) electrons. The zero-order valence-corrected chi connectivity index (χ0v) is 7.83. The van der Waals surface area contributed by atoms with Crippen LogP contribution in [0.1, 0.15) is 32.6 Å². The van der Waals surface area contributed by atoms with Gasteiger partial charge in [-0.1, -0.05) is 13.3 Å². The molecule has 0 aromatic rings. The van der Waals surface area contributed by atoms with Gasteiger partial charge in [0, 0.05) is 10.8 Å². The van der Waals surface area contributed by atoms with Gasteiger partial charge in [0.25, 0.3) is 0 Å². The predicted octanol–water partition coefficient (Wildman–Crippen LogP) is 3.41. The van der Waals surface area contributed by atoms with Gasteiger partial charge in [0.15, 0.2) is 0 Å². The molecule has 0 aromatic carbocycles. The Morgan fingerprint density at radius 3 is 2.00 bits per heavy atom. The van der Waals surface area contributed by atoms with Crippen molar-refractivity contribution in [3.8, 4) is 0 Å². The lowest BCUT2D eigenvalue weighted by Gasteiger charge is -2.27. The molecule has 2 heteroatoms. The lowest BCUT2D eigenvalue weighted by Crippen LogP contribution is -2.22. The first-order valence-corrected chi connectivity index (χ1v) is 4.87. The van der Waals surface area contributed by atoms with E-state index >= 15 is 0 Å². The van der Waals surface area contributed by atoms with Crippen molar-refractivity contribution in [3.05, 3.63) is 0 Å². The molecule has 0 heterocycles. The maximum Gasteiger partial charge on any atom is 0.0352 e. The topological polar surface area (TPSA) is 0 Å². The van der Waals surface area contributed by atoms with Crippen LogP contribution >= 0.6 is 23.2 Å². The Morgan fingerprint density at radius 2 is 1.60 bits per heavy atom. The Hall–Kier alpha value is 0.580. The van der Waals surface area contributed by atoms with Crippen LogP contribution in [0.4, 0.5) is 0 Å². The largest absolute Gasteiger partial charge is 0.123 e. The van der Waals surface area contributed by atoms with E-state index in [0.717, 1.165) is 12.3 Å². The molecule has 0 N–H and O–H groups in total. The summed E-state index contributed by atoms with van der Waals surface area (Å²) >= 11 is 12.0. The van der Waals surface area contributed by atoms with Crippen molar-refractivity contribution >= 4 is 23.2 Å². The Balaban J connectivity index is 2.35. The first kappa shape index (κ1) is 8.67. The minimum absolute atomic E-state index is 0.334. The summed E-state index contributed by atoms with van der Waals surface area (Å²) in [6.07, 6.45) is 4.56. The van der Waals surface area contributed by atoms with Gasteiger partial charge >= 0.3 is 0 Å². The SMILES string of the molecule is CCC1CC(Cl)CC(Cl)C1. The summed E-state index contributed by atoms with van der Waals surface area (Å²) in [6.45, 7) is 2.21. The van der Waals surface area contributed by atoms with E-state index in [-0.39, 0.29) is 0 Å². The number of alkyl halides is 2. The molecule has 0 aliphatic heterocycles. The highest BCUT2D eigenvalue weighted by Gasteiger charge is 2.24. The molecule has 1 rings (SSSR count). The first-order valence-electron chi connectivity index (χ1n) is 4.00. The van der Waals surface area contributed by atoms with E-state index in [1.54, 1.807) is 0 Å². The molecule has 0 spiro atoms. The zero-order chi connectivity index (χ0) is 7.56. The fourth-order valence-corrected chi connectivity index (χ4v) is 2.65. The number of hydrogen-bond donors (Lipinski definition) is 0. The molecule has 1 saturated carbocycles. The van der Waals surface area contributed by atoms with Gasteiger partial charge in [-0.3, -0.25) is 0 Å². The van der Waals surface area contributed by atoms with E-state index in [2.05, 4.69) is 6.92 Å². The third-order valence-corrected chi connectivity index (χ3v) is 2.98. The number of rotatable bonds is 1. The molecule has 1 aliphatic rings. The van der Waals surface area contributed by atoms with Crippen molar-refractivity contribution in [1.29, 1.82) is 0 Å². The molecule has 0 amide bonds. The molecule has 2 unspecified atom stereocenters. The highest BCUT2D eigenvalue weighted by molar-refractivity contribution is 6.23. The molecular weight excluding hydrogens is 167 g/mol. The van der Waals surface area contributed by atoms with Crippen LogP contribution < -0.4 is 0 Å². The smallest absolute Gasteiger partial charge is 0.0352 e. The summed E-state index contributed by atoms with van der Waals surface area (Å²) in [5.74, 6) is 0.777. The van der Waals surface area contributed by atoms with Crippen molar-refractivity contribution in [2.24, 2.45) is 5.92 Å². The van der Waals surface area contributed by atoms with Gasteiger partial charge in [-0.05, 0) is 25.2 Å². The van der Waals surface area contributed by atoms with Crippen LogP contribution in [-0.2, 0) is 0 Å². The standard InChI is InChI=1S/C8H14Cl2/c1-2-6-3-7(9)5-8(10)4-6/h6-8H,2-5H2,1H3. The summed E-state index contributed by atoms with van der Waals surface area (Å²) in [6, 6.07) is 0. The van der Waals surface area contributed by atoms with Gasteiger partial charge in [-0.25, -0.2) is 0 Å². The monoisotopic (exact) mass is 180 g/mol. The maximum atomic E-state index is 6.00. The van der Waals surface area contributed by atoms with E-state index in [1.165, 1.54) is 19.3 Å². The van der Waals surface area contributed by atoms with Crippen LogP contribution in [0.5, 0.6) is 0 Å². The molecular formula is C8H14Cl2. The number of halogens is 2. The van der Waals surface area contributed by atoms with Crippen molar-refractivity contribution in [2.45, 2.75) is 43.4 Å². The maximum absolute atomic E-state index is 6.00. The minimum atomic E-state index is 0.334. The third kappa shape index (κ3) is 2.32. The summed E-state index contributed by atoms with van der Waals surface area (Å²) < 4.78 is 0. The van der Waals surface area contributed by atoms with E-state index in [4.69, 9.17) is 23.2 Å². The third-order valence-electron chi connectivity index (χ3n) is 2.27. The zero-order valence-electron chi connectivity index (χ0n) is 6.32. The lowest BCUT2D eigenvalue weighted by molar-refractivity contribution is 0.359.